The molecule has 2 aromatic heterocycles. The molecular weight excluding hydrogens is 374 g/mol. The molecule has 0 bridgehead atoms. The highest BCUT2D eigenvalue weighted by atomic mass is 16.5. The fourth-order valence-corrected chi connectivity index (χ4v) is 3.23. The van der Waals surface area contributed by atoms with Crippen LogP contribution < -0.4 is 14.8 Å². The number of aryl methyl sites for hydroxylation is 1. The normalized spacial score (nSPS) is 15.2. The van der Waals surface area contributed by atoms with Crippen molar-refractivity contribution in [1.82, 2.24) is 29.7 Å². The Morgan fingerprint density at radius 3 is 2.83 bits per heavy atom. The Balaban J connectivity index is 1.52. The lowest BCUT2D eigenvalue weighted by atomic mass is 10.1. The molecule has 3 heterocycles. The van der Waals surface area contributed by atoms with E-state index in [4.69, 9.17) is 9.47 Å². The van der Waals surface area contributed by atoms with Gasteiger partial charge in [-0.25, -0.2) is 4.79 Å². The van der Waals surface area contributed by atoms with Gasteiger partial charge in [-0.1, -0.05) is 0 Å². The molecule has 1 N–H and O–H groups in total. The summed E-state index contributed by atoms with van der Waals surface area (Å²) in [5, 5.41) is 15.4. The van der Waals surface area contributed by atoms with Gasteiger partial charge in [0, 0.05) is 18.7 Å². The van der Waals surface area contributed by atoms with E-state index in [0.29, 0.717) is 36.1 Å². The molecule has 0 fully saturated rings. The maximum Gasteiger partial charge on any atom is 0.323 e. The van der Waals surface area contributed by atoms with E-state index < -0.39 is 5.60 Å². The van der Waals surface area contributed by atoms with E-state index in [2.05, 4.69) is 20.6 Å². The average molecular weight is 397 g/mol. The standard InChI is InChI=1S/C19H23N7O3/c1-19(2)12-25(10-13-5-6-15(28-4)7-16(13)29-19)18(27)22-17-9-21-26(23-17)14-8-20-24(3)11-14/h5-9,11H,10,12H2,1-4H3,(H,22,23,27). The van der Waals surface area contributed by atoms with Crippen molar-refractivity contribution in [3.05, 3.63) is 42.4 Å². The summed E-state index contributed by atoms with van der Waals surface area (Å²) in [5.41, 5.74) is 1.05. The number of rotatable bonds is 3. The highest BCUT2D eigenvalue weighted by Crippen LogP contribution is 2.32. The molecule has 1 aliphatic heterocycles. The van der Waals surface area contributed by atoms with Crippen LogP contribution in [0.5, 0.6) is 11.5 Å². The minimum Gasteiger partial charge on any atom is -0.497 e. The molecular formula is C19H23N7O3. The molecule has 0 unspecified atom stereocenters. The number of fused-ring (bicyclic) bond motifs is 1. The third kappa shape index (κ3) is 4.00. The second-order valence-electron chi connectivity index (χ2n) is 7.51. The number of nitrogens with zero attached hydrogens (tertiary/aromatic N) is 6. The van der Waals surface area contributed by atoms with Gasteiger partial charge in [0.15, 0.2) is 5.82 Å². The molecule has 0 aliphatic carbocycles. The van der Waals surface area contributed by atoms with Crippen LogP contribution in [-0.2, 0) is 13.6 Å². The van der Waals surface area contributed by atoms with Gasteiger partial charge in [-0.2, -0.15) is 10.2 Å². The fourth-order valence-electron chi connectivity index (χ4n) is 3.23. The minimum absolute atomic E-state index is 0.274. The molecule has 0 spiro atoms. The molecule has 0 radical (unpaired) electrons. The van der Waals surface area contributed by atoms with Crippen molar-refractivity contribution in [2.75, 3.05) is 19.0 Å². The maximum atomic E-state index is 12.9. The summed E-state index contributed by atoms with van der Waals surface area (Å²) in [6.07, 6.45) is 4.93. The van der Waals surface area contributed by atoms with Crippen molar-refractivity contribution in [3.8, 4) is 17.2 Å². The summed E-state index contributed by atoms with van der Waals surface area (Å²) in [4.78, 5) is 16.0. The van der Waals surface area contributed by atoms with Gasteiger partial charge in [-0.05, 0) is 26.0 Å². The zero-order chi connectivity index (χ0) is 20.6. The van der Waals surface area contributed by atoms with Gasteiger partial charge in [0.2, 0.25) is 0 Å². The Labute approximate surface area is 168 Å². The predicted octanol–water partition coefficient (Wildman–Crippen LogP) is 2.21. The first-order chi connectivity index (χ1) is 13.8. The summed E-state index contributed by atoms with van der Waals surface area (Å²) in [6, 6.07) is 5.34. The number of aromatic nitrogens is 5. The number of benzene rings is 1. The molecule has 10 heteroatoms. The van der Waals surface area contributed by atoms with Gasteiger partial charge in [0.05, 0.1) is 38.8 Å². The van der Waals surface area contributed by atoms with Crippen LogP contribution in [-0.4, -0.2) is 55.0 Å². The third-order valence-corrected chi connectivity index (χ3v) is 4.53. The molecule has 3 aromatic rings. The van der Waals surface area contributed by atoms with E-state index in [9.17, 15) is 4.79 Å². The van der Waals surface area contributed by atoms with E-state index in [1.54, 1.807) is 29.1 Å². The minimum atomic E-state index is -0.567. The number of anilines is 1. The Kier molecular flexibility index (Phi) is 4.61. The first-order valence-electron chi connectivity index (χ1n) is 9.16. The number of hydrogen-bond donors (Lipinski definition) is 1. The molecule has 0 saturated heterocycles. The van der Waals surface area contributed by atoms with Crippen LogP contribution in [0, 0.1) is 0 Å². The van der Waals surface area contributed by atoms with Crippen LogP contribution in [0.4, 0.5) is 10.6 Å². The number of methoxy groups -OCH3 is 1. The van der Waals surface area contributed by atoms with Crippen molar-refractivity contribution in [2.45, 2.75) is 26.0 Å². The second-order valence-corrected chi connectivity index (χ2v) is 7.51. The Morgan fingerprint density at radius 2 is 2.10 bits per heavy atom. The van der Waals surface area contributed by atoms with Gasteiger partial charge >= 0.3 is 6.03 Å². The monoisotopic (exact) mass is 397 g/mol. The number of ether oxygens (including phenoxy) is 2. The van der Waals surface area contributed by atoms with Crippen LogP contribution >= 0.6 is 0 Å². The van der Waals surface area contributed by atoms with E-state index in [0.717, 1.165) is 5.56 Å². The van der Waals surface area contributed by atoms with Crippen molar-refractivity contribution in [2.24, 2.45) is 7.05 Å². The molecule has 0 saturated carbocycles. The van der Waals surface area contributed by atoms with Gasteiger partial charge < -0.3 is 14.4 Å². The number of carbonyl (C=O) groups excluding carboxylic acids is 1. The number of carbonyl (C=O) groups is 1. The number of amides is 2. The summed E-state index contributed by atoms with van der Waals surface area (Å²) in [6.45, 7) is 4.71. The van der Waals surface area contributed by atoms with E-state index in [1.165, 1.54) is 11.0 Å². The Morgan fingerprint density at radius 1 is 1.28 bits per heavy atom. The van der Waals surface area contributed by atoms with Crippen LogP contribution in [0.25, 0.3) is 5.69 Å². The van der Waals surface area contributed by atoms with Crippen molar-refractivity contribution >= 4 is 11.8 Å². The second kappa shape index (κ2) is 7.12. The lowest BCUT2D eigenvalue weighted by Gasteiger charge is -2.29. The van der Waals surface area contributed by atoms with Gasteiger partial charge in [-0.15, -0.1) is 9.90 Å². The van der Waals surface area contributed by atoms with E-state index >= 15 is 0 Å². The summed E-state index contributed by atoms with van der Waals surface area (Å²) < 4.78 is 13.1. The Hall–Kier alpha value is -3.56. The maximum absolute atomic E-state index is 12.9. The lowest BCUT2D eigenvalue weighted by Crippen LogP contribution is -2.44. The highest BCUT2D eigenvalue weighted by Gasteiger charge is 2.32. The van der Waals surface area contributed by atoms with Crippen LogP contribution in [0.3, 0.4) is 0 Å². The SMILES string of the molecule is COc1ccc2c(c1)OC(C)(C)CN(C(=O)Nc1cnn(-c3cnn(C)c3)n1)C2. The lowest BCUT2D eigenvalue weighted by molar-refractivity contribution is 0.0833. The third-order valence-electron chi connectivity index (χ3n) is 4.53. The van der Waals surface area contributed by atoms with Crippen LogP contribution in [0.15, 0.2) is 36.8 Å². The Bertz CT molecular complexity index is 1040. The van der Waals surface area contributed by atoms with Crippen molar-refractivity contribution < 1.29 is 14.3 Å². The first kappa shape index (κ1) is 18.8. The predicted molar refractivity (Wildman–Crippen MR) is 105 cm³/mol. The number of hydrogen-bond acceptors (Lipinski definition) is 6. The van der Waals surface area contributed by atoms with Crippen molar-refractivity contribution in [1.29, 1.82) is 0 Å². The van der Waals surface area contributed by atoms with E-state index in [-0.39, 0.29) is 6.03 Å². The highest BCUT2D eigenvalue weighted by molar-refractivity contribution is 5.88. The van der Waals surface area contributed by atoms with Gasteiger partial charge in [0.1, 0.15) is 22.8 Å². The molecule has 4 rings (SSSR count). The molecule has 152 valence electrons. The molecule has 29 heavy (non-hydrogen) atoms. The molecule has 0 atom stereocenters. The molecule has 10 nitrogen and oxygen atoms in total. The fraction of sp³-hybridized carbons (Fsp3) is 0.368. The number of urea groups is 1. The van der Waals surface area contributed by atoms with E-state index in [1.807, 2.05) is 39.1 Å². The van der Waals surface area contributed by atoms with Crippen molar-refractivity contribution in [3.63, 3.8) is 0 Å². The van der Waals surface area contributed by atoms with Crippen LogP contribution in [0.1, 0.15) is 19.4 Å². The molecule has 1 aromatic carbocycles. The number of nitrogens with one attached hydrogen (secondary N) is 1. The quantitative estimate of drug-likeness (QED) is 0.727. The smallest absolute Gasteiger partial charge is 0.323 e. The summed E-state index contributed by atoms with van der Waals surface area (Å²) in [7, 11) is 3.42. The largest absolute Gasteiger partial charge is 0.497 e. The first-order valence-corrected chi connectivity index (χ1v) is 9.16. The average Bonchev–Trinajstić information content (AvgIpc) is 3.27. The van der Waals surface area contributed by atoms with Gasteiger partial charge in [-0.3, -0.25) is 10.00 Å². The molecule has 1 aliphatic rings. The summed E-state index contributed by atoms with van der Waals surface area (Å²) >= 11 is 0. The zero-order valence-corrected chi connectivity index (χ0v) is 16.8. The summed E-state index contributed by atoms with van der Waals surface area (Å²) in [5.74, 6) is 1.79. The molecule has 2 amide bonds. The van der Waals surface area contributed by atoms with Crippen LogP contribution in [0.2, 0.25) is 0 Å². The topological polar surface area (TPSA) is 99.3 Å². The van der Waals surface area contributed by atoms with Gasteiger partial charge in [0.25, 0.3) is 0 Å². The zero-order valence-electron chi connectivity index (χ0n) is 16.8.